The molecule has 11 heterocycles. The Morgan fingerprint density at radius 3 is 1.37 bits per heavy atom. The topological polar surface area (TPSA) is 279 Å². The Morgan fingerprint density at radius 2 is 0.881 bits per heavy atom. The molecule has 1 saturated carbocycles. The van der Waals surface area contributed by atoms with Gasteiger partial charge in [-0.2, -0.15) is 10.4 Å². The molecule has 8 aromatic carbocycles. The minimum Gasteiger partial charge on any atom is -0.870 e. The number of anilines is 5. The molecule has 7 fully saturated rings. The molecule has 134 heavy (non-hydrogen) atoms. The lowest BCUT2D eigenvalue weighted by Gasteiger charge is -2.38. The molecule has 24 heteroatoms. The number of nitriles is 1. The smallest absolute Gasteiger partial charge is 0.255 e. The summed E-state index contributed by atoms with van der Waals surface area (Å²) in [5, 5.41) is 35.3. The molecule has 6 aliphatic heterocycles. The van der Waals surface area contributed by atoms with E-state index >= 15 is 0 Å². The molecule has 0 amide bonds. The van der Waals surface area contributed by atoms with Crippen LogP contribution in [0, 0.1) is 35.0 Å². The number of rotatable bonds is 26. The maximum Gasteiger partial charge on any atom is 0.255 e. The van der Waals surface area contributed by atoms with Crippen LogP contribution in [0.4, 0.5) is 34.1 Å². The van der Waals surface area contributed by atoms with Gasteiger partial charge in [-0.05, 0) is 261 Å². The number of nitrogen functional groups attached to an aromatic ring is 1. The molecule has 13 aromatic rings. The average molecular weight is 1810 g/mol. The van der Waals surface area contributed by atoms with Crippen molar-refractivity contribution in [1.29, 1.82) is 5.26 Å². The number of nitroso groups, excluding NO2 is 1. The molecule has 5 aromatic heterocycles. The van der Waals surface area contributed by atoms with Gasteiger partial charge >= 0.3 is 0 Å². The Kier molecular flexibility index (Phi) is 32.8. The number of nitrogens with two attached hydrogens (primary N) is 1. The van der Waals surface area contributed by atoms with Gasteiger partial charge in [-0.1, -0.05) is 80.6 Å². The third-order valence-electron chi connectivity index (χ3n) is 29.9. The van der Waals surface area contributed by atoms with Crippen molar-refractivity contribution >= 4 is 77.7 Å². The monoisotopic (exact) mass is 1810 g/mol. The third kappa shape index (κ3) is 24.9. The number of benzene rings is 8. The van der Waals surface area contributed by atoms with Crippen LogP contribution in [0.5, 0.6) is 0 Å². The Hall–Kier alpha value is -11.2. The van der Waals surface area contributed by atoms with Gasteiger partial charge in [0.25, 0.3) is 5.69 Å². The predicted molar refractivity (Wildman–Crippen MR) is 554 cm³/mol. The molecular weight excluding hydrogens is 1660 g/mol. The second-order valence-electron chi connectivity index (χ2n) is 39.6. The van der Waals surface area contributed by atoms with Crippen LogP contribution in [-0.2, 0) is 13.5 Å². The highest BCUT2D eigenvalue weighted by atomic mass is 16.3. The van der Waals surface area contributed by atoms with Crippen molar-refractivity contribution in [2.45, 2.75) is 174 Å². The fraction of sp³-hybridized carbons (Fsp3) is 0.464. The molecule has 12 N–H and O–H groups in total. The summed E-state index contributed by atoms with van der Waals surface area (Å²) in [6.45, 7) is 40.0. The van der Waals surface area contributed by atoms with E-state index in [4.69, 9.17) is 5.73 Å². The predicted octanol–water partition coefficient (Wildman–Crippen LogP) is 17.3. The van der Waals surface area contributed by atoms with Crippen molar-refractivity contribution in [3.8, 4) is 51.1 Å². The molecule has 0 unspecified atom stereocenters. The third-order valence-corrected chi connectivity index (χ3v) is 29.9. The first-order valence-electron chi connectivity index (χ1n) is 50.0. The molecule has 1 aliphatic carbocycles. The van der Waals surface area contributed by atoms with Crippen molar-refractivity contribution in [1.82, 2.24) is 75.6 Å². The molecule has 0 bridgehead atoms. The highest BCUT2D eigenvalue weighted by molar-refractivity contribution is 5.91. The van der Waals surface area contributed by atoms with Crippen LogP contribution in [-0.4, -0.2) is 240 Å². The summed E-state index contributed by atoms with van der Waals surface area (Å²) in [5.41, 5.74) is 28.3. The Balaban J connectivity index is 0.000000130. The SMILES string of the molecule is CC(C)C1CCC(NC2CCN(c3cccc(-c4cc5cc(C#N)ccc5[nH]4)c3)CC2)CC1.CC(C)N1CCN(CCNC2CCN(c3cccc(-c4cc5ccc(N)cc5[nH]4)c3)CC2)CC1.CC(C)N1CCN(CCNC2CCN(c3cccc(-c4cc5ccc([NH+]=O)cc5[nH]4)c3)CC2)CC1.Cc1ccc(N2CCC(NCCc3ncnn3C)CC2)cc1-c1cc2ccccc2[nH]1.[OH-]. The van der Waals surface area contributed by atoms with Crippen molar-refractivity contribution < 1.29 is 10.7 Å². The molecular formula is C110H146N22O2. The van der Waals surface area contributed by atoms with E-state index in [1.807, 2.05) is 65.4 Å². The van der Waals surface area contributed by atoms with E-state index in [1.54, 1.807) is 6.33 Å². The number of piperazine rings is 2. The maximum atomic E-state index is 11.0. The van der Waals surface area contributed by atoms with Gasteiger partial charge in [0, 0.05) is 310 Å². The normalized spacial score (nSPS) is 18.6. The van der Waals surface area contributed by atoms with Gasteiger partial charge in [0.05, 0.1) is 17.1 Å². The quantitative estimate of drug-likeness (QED) is 0.0226. The first-order chi connectivity index (χ1) is 64.9. The summed E-state index contributed by atoms with van der Waals surface area (Å²) < 4.78 is 1.85. The summed E-state index contributed by atoms with van der Waals surface area (Å²) in [4.78, 5) is 49.9. The van der Waals surface area contributed by atoms with Crippen LogP contribution in [0.1, 0.15) is 136 Å². The minimum atomic E-state index is 0. The zero-order valence-corrected chi connectivity index (χ0v) is 80.6. The number of fused-ring (bicyclic) bond motifs is 4. The molecule has 7 aliphatic rings. The summed E-state index contributed by atoms with van der Waals surface area (Å²) in [5.74, 6) is 2.81. The van der Waals surface area contributed by atoms with Crippen LogP contribution < -0.4 is 51.8 Å². The van der Waals surface area contributed by atoms with Crippen molar-refractivity contribution in [2.24, 2.45) is 18.9 Å². The second-order valence-corrected chi connectivity index (χ2v) is 39.6. The zero-order chi connectivity index (χ0) is 91.7. The van der Waals surface area contributed by atoms with E-state index in [1.165, 1.54) is 196 Å². The summed E-state index contributed by atoms with van der Waals surface area (Å²) >= 11 is 0. The van der Waals surface area contributed by atoms with Crippen molar-refractivity contribution in [3.63, 3.8) is 0 Å². The van der Waals surface area contributed by atoms with Crippen LogP contribution in [0.3, 0.4) is 0 Å². The van der Waals surface area contributed by atoms with Crippen molar-refractivity contribution in [3.05, 3.63) is 222 Å². The number of aromatic amines is 4. The lowest BCUT2D eigenvalue weighted by atomic mass is 9.79. The first-order valence-corrected chi connectivity index (χ1v) is 50.0. The standard InChI is InChI=1S/C29H36N4.C28H38N6O.C28H40N6.C25H30N6.H2O/c1-20(2)22-7-9-25(10-8-22)31-26-12-14-33(15-13-26)27-5-3-4-23(17-27)29-18-24-16-21(19-30)6-11-28(24)32-29;1-21(2)33-16-14-32(15-17-33)13-10-29-24-8-11-34(12-9-24)26-5-3-4-22(18-26)27-19-23-6-7-25(31-35)20-28(23)30-27;1-21(2)33-16-14-32(15-17-33)13-10-30-25-8-11-34(12-9-25)26-5-3-4-22(18-26)27-19-23-6-7-24(29)20-28(23)31-27;1-18-7-8-21(16-22(18)24-15-19-5-3-4-6-23(19)29-24)31-13-10-20(11-14-31)26-12-9-25-27-17-28-30(25)2;/h3-6,11,16-18,20,22,25-26,31-32H,7-10,12-15H2,1-2H3;3-7,18-21,24,29-30H,8-17H2,1-2H3;3-7,18-21,25,30-31H,8-17,29H2,1-2H3;3-8,15-17,20,26,29H,9-14H2,1-2H3;1H2. The number of H-pyrrole nitrogens is 4. The number of nitrogens with zero attached hydrogens (tertiary/aromatic N) is 12. The molecule has 708 valence electrons. The maximum absolute atomic E-state index is 11.0. The lowest BCUT2D eigenvalue weighted by Crippen LogP contribution is -2.55. The lowest BCUT2D eigenvalue weighted by molar-refractivity contribution is -0.379. The van der Waals surface area contributed by atoms with Gasteiger partial charge in [-0.25, -0.2) is 4.98 Å². The van der Waals surface area contributed by atoms with Gasteiger partial charge in [0.2, 0.25) is 0 Å². The summed E-state index contributed by atoms with van der Waals surface area (Å²) in [7, 11) is 1.95. The van der Waals surface area contributed by atoms with E-state index in [0.29, 0.717) is 47.5 Å². The van der Waals surface area contributed by atoms with Crippen LogP contribution in [0.15, 0.2) is 200 Å². The highest BCUT2D eigenvalue weighted by Gasteiger charge is 2.30. The molecule has 0 spiro atoms. The number of para-hydroxylation sites is 1. The molecule has 0 radical (unpaired) electrons. The van der Waals surface area contributed by atoms with Crippen LogP contribution >= 0.6 is 0 Å². The number of aryl methyl sites for hydroxylation is 2. The zero-order valence-electron chi connectivity index (χ0n) is 80.6. The first kappa shape index (κ1) is 95.9. The van der Waals surface area contributed by atoms with E-state index < -0.39 is 0 Å². The fourth-order valence-electron chi connectivity index (χ4n) is 21.3. The molecule has 6 saturated heterocycles. The van der Waals surface area contributed by atoms with Crippen molar-refractivity contribution in [2.75, 3.05) is 163 Å². The number of hydrogen-bond acceptors (Lipinski definition) is 18. The number of piperidine rings is 4. The van der Waals surface area contributed by atoms with Gasteiger partial charge in [-0.3, -0.25) is 24.3 Å². The summed E-state index contributed by atoms with van der Waals surface area (Å²) in [6.07, 6.45) is 17.6. The number of hydrogen-bond donors (Lipinski definition) is 10. The highest BCUT2D eigenvalue weighted by Crippen LogP contribution is 2.38. The Morgan fingerprint density at radius 1 is 0.433 bits per heavy atom. The van der Waals surface area contributed by atoms with E-state index in [-0.39, 0.29) is 5.48 Å². The van der Waals surface area contributed by atoms with Gasteiger partial charge < -0.3 is 72.0 Å². The van der Waals surface area contributed by atoms with E-state index in [9.17, 15) is 10.2 Å². The van der Waals surface area contributed by atoms with E-state index in [2.05, 4.69) is 291 Å². The largest absolute Gasteiger partial charge is 0.870 e. The van der Waals surface area contributed by atoms with Crippen LogP contribution in [0.25, 0.3) is 88.6 Å². The minimum absolute atomic E-state index is 0. The fourth-order valence-corrected chi connectivity index (χ4v) is 21.3. The Labute approximate surface area is 793 Å². The number of aromatic nitrogens is 7. The Bertz CT molecular complexity index is 5900. The molecule has 24 nitrogen and oxygen atoms in total. The van der Waals surface area contributed by atoms with Gasteiger partial charge in [0.15, 0.2) is 0 Å². The van der Waals surface area contributed by atoms with E-state index in [0.717, 1.165) is 172 Å². The summed E-state index contributed by atoms with van der Waals surface area (Å²) in [6, 6.07) is 75.0. The van der Waals surface area contributed by atoms with Crippen LogP contribution in [0.2, 0.25) is 0 Å². The molecule has 0 atom stereocenters. The molecule has 20 rings (SSSR count). The number of nitrogens with one attached hydrogen (secondary N) is 9. The second kappa shape index (κ2) is 45.9. The average Bonchev–Trinajstić information content (AvgIpc) is 1.66. The van der Waals surface area contributed by atoms with Gasteiger partial charge in [-0.15, -0.1) is 0 Å². The van der Waals surface area contributed by atoms with Gasteiger partial charge in [0.1, 0.15) is 12.2 Å².